The highest BCUT2D eigenvalue weighted by Crippen LogP contribution is 2.36. The summed E-state index contributed by atoms with van der Waals surface area (Å²) in [6, 6.07) is 13.3. The molecule has 1 aliphatic heterocycles. The summed E-state index contributed by atoms with van der Waals surface area (Å²) in [5.41, 5.74) is 3.57. The van der Waals surface area contributed by atoms with Gasteiger partial charge in [-0.1, -0.05) is 30.3 Å². The van der Waals surface area contributed by atoms with E-state index in [0.717, 1.165) is 16.7 Å². The van der Waals surface area contributed by atoms with E-state index in [1.807, 2.05) is 57.2 Å². The van der Waals surface area contributed by atoms with Gasteiger partial charge in [0, 0.05) is 6.54 Å². The Morgan fingerprint density at radius 1 is 1.20 bits per heavy atom. The number of benzene rings is 2. The minimum Gasteiger partial charge on any atom is -0.506 e. The molecule has 0 saturated carbocycles. The van der Waals surface area contributed by atoms with Crippen LogP contribution in [-0.2, 0) is 4.79 Å². The normalized spacial score (nSPS) is 17.7. The van der Waals surface area contributed by atoms with Crippen molar-refractivity contribution in [1.82, 2.24) is 4.90 Å². The SMILES string of the molecule is CCN1C(=O)/C(=C/c2ccccc2C)SC1=Nc1ccc(C)cc1O. The zero-order valence-corrected chi connectivity index (χ0v) is 15.3. The molecule has 4 nitrogen and oxygen atoms in total. The van der Waals surface area contributed by atoms with Gasteiger partial charge in [0.25, 0.3) is 5.91 Å². The van der Waals surface area contributed by atoms with Crippen LogP contribution in [0, 0.1) is 13.8 Å². The third-order valence-corrected chi connectivity index (χ3v) is 5.03. The lowest BCUT2D eigenvalue weighted by molar-refractivity contribution is -0.122. The number of amidine groups is 1. The minimum atomic E-state index is -0.0545. The predicted octanol–water partition coefficient (Wildman–Crippen LogP) is 4.63. The van der Waals surface area contributed by atoms with Gasteiger partial charge in [0.15, 0.2) is 5.17 Å². The molecule has 1 heterocycles. The highest BCUT2D eigenvalue weighted by molar-refractivity contribution is 8.18. The number of aliphatic imine (C=N–C) groups is 1. The Morgan fingerprint density at radius 2 is 1.96 bits per heavy atom. The summed E-state index contributed by atoms with van der Waals surface area (Å²) in [6.45, 7) is 6.38. The summed E-state index contributed by atoms with van der Waals surface area (Å²) in [7, 11) is 0. The first-order chi connectivity index (χ1) is 12.0. The fraction of sp³-hybridized carbons (Fsp3) is 0.200. The van der Waals surface area contributed by atoms with Crippen molar-refractivity contribution in [2.24, 2.45) is 4.99 Å². The second-order valence-electron chi connectivity index (χ2n) is 5.90. The van der Waals surface area contributed by atoms with E-state index in [2.05, 4.69) is 4.99 Å². The van der Waals surface area contributed by atoms with Crippen molar-refractivity contribution < 1.29 is 9.90 Å². The second kappa shape index (κ2) is 7.15. The van der Waals surface area contributed by atoms with Crippen molar-refractivity contribution in [2.75, 3.05) is 6.54 Å². The van der Waals surface area contributed by atoms with Gasteiger partial charge in [0.2, 0.25) is 0 Å². The number of aromatic hydroxyl groups is 1. The molecule has 2 aromatic carbocycles. The molecule has 25 heavy (non-hydrogen) atoms. The van der Waals surface area contributed by atoms with Crippen LogP contribution in [-0.4, -0.2) is 27.6 Å². The van der Waals surface area contributed by atoms with Gasteiger partial charge in [0.1, 0.15) is 11.4 Å². The summed E-state index contributed by atoms with van der Waals surface area (Å²) in [5.74, 6) is 0.0639. The Hall–Kier alpha value is -2.53. The molecule has 0 radical (unpaired) electrons. The van der Waals surface area contributed by atoms with Crippen LogP contribution in [0.4, 0.5) is 5.69 Å². The van der Waals surface area contributed by atoms with Crippen LogP contribution in [0.1, 0.15) is 23.6 Å². The molecule has 1 amide bonds. The molecule has 1 fully saturated rings. The van der Waals surface area contributed by atoms with Crippen molar-refractivity contribution in [3.05, 3.63) is 64.1 Å². The van der Waals surface area contributed by atoms with Crippen LogP contribution in [0.25, 0.3) is 6.08 Å². The number of amides is 1. The van der Waals surface area contributed by atoms with Crippen molar-refractivity contribution in [2.45, 2.75) is 20.8 Å². The number of carbonyl (C=O) groups is 1. The molecule has 0 atom stereocenters. The van der Waals surface area contributed by atoms with E-state index in [0.29, 0.717) is 22.3 Å². The van der Waals surface area contributed by atoms with Gasteiger partial charge >= 0.3 is 0 Å². The number of nitrogens with zero attached hydrogens (tertiary/aromatic N) is 2. The molecule has 1 N–H and O–H groups in total. The standard InChI is InChI=1S/C20H20N2O2S/c1-4-22-19(24)18(12-15-8-6-5-7-14(15)3)25-20(22)21-16-10-9-13(2)11-17(16)23/h5-12,23H,4H2,1-3H3/b18-12-,21-20?. The summed E-state index contributed by atoms with van der Waals surface area (Å²) >= 11 is 1.34. The minimum absolute atomic E-state index is 0.0545. The number of hydrogen-bond acceptors (Lipinski definition) is 4. The average Bonchev–Trinajstić information content (AvgIpc) is 2.87. The molecule has 3 rings (SSSR count). The number of likely N-dealkylation sites (N-methyl/N-ethyl adjacent to an activating group) is 1. The Labute approximate surface area is 151 Å². The van der Waals surface area contributed by atoms with E-state index in [1.54, 1.807) is 17.0 Å². The maximum Gasteiger partial charge on any atom is 0.266 e. The largest absolute Gasteiger partial charge is 0.506 e. The second-order valence-corrected chi connectivity index (χ2v) is 6.91. The van der Waals surface area contributed by atoms with Crippen molar-refractivity contribution in [3.8, 4) is 5.75 Å². The van der Waals surface area contributed by atoms with Gasteiger partial charge < -0.3 is 5.11 Å². The number of aryl methyl sites for hydroxylation is 2. The molecule has 1 aliphatic rings. The molecule has 1 saturated heterocycles. The maximum absolute atomic E-state index is 12.7. The Balaban J connectivity index is 1.98. The number of hydrogen-bond donors (Lipinski definition) is 1. The van der Waals surface area contributed by atoms with Gasteiger partial charge in [-0.15, -0.1) is 0 Å². The maximum atomic E-state index is 12.7. The number of phenols is 1. The van der Waals surface area contributed by atoms with Crippen LogP contribution in [0.2, 0.25) is 0 Å². The van der Waals surface area contributed by atoms with Gasteiger partial charge in [0.05, 0.1) is 4.91 Å². The fourth-order valence-corrected chi connectivity index (χ4v) is 3.64. The third kappa shape index (κ3) is 3.61. The predicted molar refractivity (Wildman–Crippen MR) is 104 cm³/mol. The monoisotopic (exact) mass is 352 g/mol. The number of rotatable bonds is 3. The van der Waals surface area contributed by atoms with Gasteiger partial charge in [-0.05, 0) is 67.4 Å². The molecule has 2 aromatic rings. The molecule has 0 aliphatic carbocycles. The van der Waals surface area contributed by atoms with E-state index >= 15 is 0 Å². The summed E-state index contributed by atoms with van der Waals surface area (Å²) in [5, 5.41) is 10.7. The quantitative estimate of drug-likeness (QED) is 0.819. The summed E-state index contributed by atoms with van der Waals surface area (Å²) in [6.07, 6.45) is 1.91. The van der Waals surface area contributed by atoms with Crippen LogP contribution in [0.3, 0.4) is 0 Å². The van der Waals surface area contributed by atoms with E-state index in [1.165, 1.54) is 11.8 Å². The van der Waals surface area contributed by atoms with Crippen LogP contribution in [0.15, 0.2) is 52.4 Å². The molecule has 0 unspecified atom stereocenters. The number of carbonyl (C=O) groups excluding carboxylic acids is 1. The van der Waals surface area contributed by atoms with E-state index in [9.17, 15) is 9.90 Å². The van der Waals surface area contributed by atoms with Gasteiger partial charge in [-0.2, -0.15) is 0 Å². The number of phenolic OH excluding ortho intramolecular Hbond substituents is 1. The van der Waals surface area contributed by atoms with Crippen LogP contribution in [0.5, 0.6) is 5.75 Å². The van der Waals surface area contributed by atoms with Crippen molar-refractivity contribution in [1.29, 1.82) is 0 Å². The van der Waals surface area contributed by atoms with Gasteiger partial charge in [-0.25, -0.2) is 4.99 Å². The Bertz CT molecular complexity index is 887. The van der Waals surface area contributed by atoms with E-state index < -0.39 is 0 Å². The zero-order valence-electron chi connectivity index (χ0n) is 14.5. The van der Waals surface area contributed by atoms with Crippen molar-refractivity contribution >= 4 is 34.6 Å². The molecule has 128 valence electrons. The molecular weight excluding hydrogens is 332 g/mol. The third-order valence-electron chi connectivity index (χ3n) is 4.03. The zero-order chi connectivity index (χ0) is 18.0. The molecule has 0 aromatic heterocycles. The highest BCUT2D eigenvalue weighted by atomic mass is 32.2. The fourth-order valence-electron chi connectivity index (χ4n) is 2.59. The smallest absolute Gasteiger partial charge is 0.266 e. The van der Waals surface area contributed by atoms with E-state index in [4.69, 9.17) is 0 Å². The Morgan fingerprint density at radius 3 is 2.64 bits per heavy atom. The summed E-state index contributed by atoms with van der Waals surface area (Å²) in [4.78, 5) is 19.5. The first-order valence-electron chi connectivity index (χ1n) is 8.15. The first-order valence-corrected chi connectivity index (χ1v) is 8.96. The van der Waals surface area contributed by atoms with Crippen LogP contribution >= 0.6 is 11.8 Å². The molecule has 5 heteroatoms. The lowest BCUT2D eigenvalue weighted by atomic mass is 10.1. The van der Waals surface area contributed by atoms with Crippen LogP contribution < -0.4 is 0 Å². The molecule has 0 spiro atoms. The number of thioether (sulfide) groups is 1. The van der Waals surface area contributed by atoms with Gasteiger partial charge in [-0.3, -0.25) is 9.69 Å². The molecule has 0 bridgehead atoms. The lowest BCUT2D eigenvalue weighted by Gasteiger charge is -2.12. The Kier molecular flexibility index (Phi) is 4.95. The first kappa shape index (κ1) is 17.3. The highest BCUT2D eigenvalue weighted by Gasteiger charge is 2.32. The van der Waals surface area contributed by atoms with E-state index in [-0.39, 0.29) is 11.7 Å². The lowest BCUT2D eigenvalue weighted by Crippen LogP contribution is -2.28. The topological polar surface area (TPSA) is 52.9 Å². The average molecular weight is 352 g/mol. The molecular formula is C20H20N2O2S. The summed E-state index contributed by atoms with van der Waals surface area (Å²) < 4.78 is 0. The van der Waals surface area contributed by atoms with Crippen molar-refractivity contribution in [3.63, 3.8) is 0 Å².